The highest BCUT2D eigenvalue weighted by Gasteiger charge is 2.21. The van der Waals surface area contributed by atoms with Gasteiger partial charge in [-0.3, -0.25) is 5.32 Å². The predicted octanol–water partition coefficient (Wildman–Crippen LogP) is 5.15. The monoisotopic (exact) mass is 438 g/mol. The Morgan fingerprint density at radius 1 is 1.23 bits per heavy atom. The van der Waals surface area contributed by atoms with Crippen molar-refractivity contribution in [2.75, 3.05) is 11.9 Å². The number of hydrogen-bond acceptors (Lipinski definition) is 7. The molecule has 5 rings (SSSR count). The van der Waals surface area contributed by atoms with Crippen molar-refractivity contribution in [2.24, 2.45) is 0 Å². The second-order valence-electron chi connectivity index (χ2n) is 8.43. The maximum Gasteiger partial charge on any atom is 0.413 e. The predicted molar refractivity (Wildman–Crippen MR) is 120 cm³/mol. The molecule has 4 aromatic rings. The Morgan fingerprint density at radius 2 is 2.06 bits per heavy atom. The summed E-state index contributed by atoms with van der Waals surface area (Å²) in [5.41, 5.74) is 2.73. The second kappa shape index (κ2) is 7.12. The van der Waals surface area contributed by atoms with Gasteiger partial charge < -0.3 is 19.1 Å². The lowest BCUT2D eigenvalue weighted by Gasteiger charge is -2.18. The van der Waals surface area contributed by atoms with E-state index in [1.165, 1.54) is 11.3 Å². The number of aromatic nitrogens is 3. The topological polar surface area (TPSA) is 98.5 Å². The summed E-state index contributed by atoms with van der Waals surface area (Å²) in [7, 11) is 0. The van der Waals surface area contributed by atoms with E-state index >= 15 is 0 Å². The molecule has 2 aromatic carbocycles. The Hall–Kier alpha value is -3.33. The highest BCUT2D eigenvalue weighted by atomic mass is 32.1. The largest absolute Gasteiger partial charge is 0.508 e. The number of phenolic OH excluding ortho intramolecular Hbond substituents is 1. The van der Waals surface area contributed by atoms with Crippen molar-refractivity contribution in [3.05, 3.63) is 30.3 Å². The summed E-state index contributed by atoms with van der Waals surface area (Å²) in [6, 6.07) is 9.19. The quantitative estimate of drug-likeness (QED) is 0.449. The minimum atomic E-state index is -0.576. The first-order chi connectivity index (χ1) is 14.8. The number of thiazole rings is 1. The molecule has 0 saturated heterocycles. The standard InChI is InChI=1S/C22H22N4O4S/c1-22(2,3)30-21(28)25-20-24-14-6-5-12(9-17(14)31-20)19-23-15-10-13(27)11-16-18(15)26(19)7-4-8-29-16/h5-6,9-11,27H,4,7-8H2,1-3H3,(H,24,25,28). The van der Waals surface area contributed by atoms with Crippen molar-refractivity contribution >= 4 is 43.8 Å². The van der Waals surface area contributed by atoms with Crippen LogP contribution in [0.25, 0.3) is 32.6 Å². The fourth-order valence-corrected chi connectivity index (χ4v) is 4.57. The van der Waals surface area contributed by atoms with Crippen LogP contribution in [0.15, 0.2) is 30.3 Å². The molecule has 2 N–H and O–H groups in total. The van der Waals surface area contributed by atoms with Crippen molar-refractivity contribution in [1.29, 1.82) is 0 Å². The van der Waals surface area contributed by atoms with E-state index in [0.29, 0.717) is 23.0 Å². The Bertz CT molecular complexity index is 1320. The molecule has 3 heterocycles. The van der Waals surface area contributed by atoms with Crippen molar-refractivity contribution in [3.63, 3.8) is 0 Å². The van der Waals surface area contributed by atoms with Crippen LogP contribution in [-0.4, -0.2) is 37.9 Å². The van der Waals surface area contributed by atoms with Gasteiger partial charge in [-0.05, 0) is 45.4 Å². The fraction of sp³-hybridized carbons (Fsp3) is 0.318. The van der Waals surface area contributed by atoms with Crippen LogP contribution in [0.3, 0.4) is 0 Å². The molecule has 0 unspecified atom stereocenters. The number of benzene rings is 2. The van der Waals surface area contributed by atoms with Crippen molar-refractivity contribution in [2.45, 2.75) is 39.3 Å². The second-order valence-corrected chi connectivity index (χ2v) is 9.46. The van der Waals surface area contributed by atoms with Crippen molar-refractivity contribution < 1.29 is 19.4 Å². The number of rotatable bonds is 2. The molecule has 0 fully saturated rings. The van der Waals surface area contributed by atoms with Crippen molar-refractivity contribution in [1.82, 2.24) is 14.5 Å². The lowest BCUT2D eigenvalue weighted by Crippen LogP contribution is -2.27. The summed E-state index contributed by atoms with van der Waals surface area (Å²) < 4.78 is 14.2. The number of aromatic hydroxyl groups is 1. The van der Waals surface area contributed by atoms with Gasteiger partial charge in [-0.1, -0.05) is 11.3 Å². The first-order valence-electron chi connectivity index (χ1n) is 10.0. The van der Waals surface area contributed by atoms with Gasteiger partial charge in [0.25, 0.3) is 0 Å². The number of phenols is 1. The van der Waals surface area contributed by atoms with Crippen LogP contribution in [-0.2, 0) is 11.3 Å². The lowest BCUT2D eigenvalue weighted by atomic mass is 10.2. The van der Waals surface area contributed by atoms with Gasteiger partial charge in [-0.25, -0.2) is 14.8 Å². The van der Waals surface area contributed by atoms with E-state index in [2.05, 4.69) is 14.9 Å². The van der Waals surface area contributed by atoms with Crippen LogP contribution in [0.4, 0.5) is 9.93 Å². The van der Waals surface area contributed by atoms with Gasteiger partial charge in [0, 0.05) is 24.2 Å². The van der Waals surface area contributed by atoms with Crippen LogP contribution in [0.1, 0.15) is 27.2 Å². The normalized spacial score (nSPS) is 13.8. The van der Waals surface area contributed by atoms with Crippen LogP contribution in [0, 0.1) is 0 Å². The van der Waals surface area contributed by atoms with E-state index in [1.54, 1.807) is 12.1 Å². The third-order valence-electron chi connectivity index (χ3n) is 4.83. The lowest BCUT2D eigenvalue weighted by molar-refractivity contribution is 0.0636. The summed E-state index contributed by atoms with van der Waals surface area (Å²) in [5.74, 6) is 1.59. The number of carbonyl (C=O) groups is 1. The fourth-order valence-electron chi connectivity index (χ4n) is 3.68. The van der Waals surface area contributed by atoms with E-state index in [0.717, 1.165) is 40.1 Å². The molecule has 0 spiro atoms. The number of nitrogens with zero attached hydrogens (tertiary/aromatic N) is 3. The average Bonchev–Trinajstić information content (AvgIpc) is 3.15. The molecule has 2 aromatic heterocycles. The third-order valence-corrected chi connectivity index (χ3v) is 5.76. The summed E-state index contributed by atoms with van der Waals surface area (Å²) in [5, 5.41) is 13.2. The molecular weight excluding hydrogens is 416 g/mol. The molecule has 9 heteroatoms. The van der Waals surface area contributed by atoms with Gasteiger partial charge in [-0.15, -0.1) is 0 Å². The zero-order chi connectivity index (χ0) is 21.8. The molecular formula is C22H22N4O4S. The molecule has 1 amide bonds. The highest BCUT2D eigenvalue weighted by molar-refractivity contribution is 7.22. The highest BCUT2D eigenvalue weighted by Crippen LogP contribution is 2.37. The Kier molecular flexibility index (Phi) is 4.51. The van der Waals surface area contributed by atoms with Crippen LogP contribution in [0.2, 0.25) is 0 Å². The molecule has 0 radical (unpaired) electrons. The van der Waals surface area contributed by atoms with Gasteiger partial charge in [-0.2, -0.15) is 0 Å². The number of imidazole rings is 1. The molecule has 160 valence electrons. The number of amides is 1. The first kappa shape index (κ1) is 19.6. The molecule has 0 atom stereocenters. The number of fused-ring (bicyclic) bond motifs is 1. The van der Waals surface area contributed by atoms with Gasteiger partial charge in [0.2, 0.25) is 0 Å². The zero-order valence-corrected chi connectivity index (χ0v) is 18.2. The van der Waals surface area contributed by atoms with Gasteiger partial charge >= 0.3 is 6.09 Å². The number of carbonyl (C=O) groups excluding carboxylic acids is 1. The number of anilines is 1. The Morgan fingerprint density at radius 3 is 2.87 bits per heavy atom. The zero-order valence-electron chi connectivity index (χ0n) is 17.4. The maximum atomic E-state index is 12.1. The smallest absolute Gasteiger partial charge is 0.413 e. The van der Waals surface area contributed by atoms with E-state index < -0.39 is 11.7 Å². The molecule has 0 aliphatic carbocycles. The van der Waals surface area contributed by atoms with Crippen LogP contribution in [0.5, 0.6) is 11.5 Å². The van der Waals surface area contributed by atoms with Crippen molar-refractivity contribution in [3.8, 4) is 22.9 Å². The van der Waals surface area contributed by atoms with Gasteiger partial charge in [0.05, 0.1) is 22.3 Å². The summed E-state index contributed by atoms with van der Waals surface area (Å²) in [6.07, 6.45) is 0.319. The van der Waals surface area contributed by atoms with Gasteiger partial charge in [0.15, 0.2) is 5.13 Å². The summed E-state index contributed by atoms with van der Waals surface area (Å²) in [4.78, 5) is 21.3. The first-order valence-corrected chi connectivity index (χ1v) is 10.9. The minimum Gasteiger partial charge on any atom is -0.508 e. The molecule has 0 saturated carbocycles. The molecule has 31 heavy (non-hydrogen) atoms. The number of ether oxygens (including phenoxy) is 2. The number of aryl methyl sites for hydroxylation is 1. The number of nitrogens with one attached hydrogen (secondary N) is 1. The maximum absolute atomic E-state index is 12.1. The summed E-state index contributed by atoms with van der Waals surface area (Å²) >= 11 is 1.38. The molecule has 1 aliphatic heterocycles. The Balaban J connectivity index is 1.53. The van der Waals surface area contributed by atoms with E-state index in [9.17, 15) is 9.90 Å². The Labute approximate surface area is 182 Å². The van der Waals surface area contributed by atoms with Gasteiger partial charge in [0.1, 0.15) is 28.4 Å². The minimum absolute atomic E-state index is 0.136. The SMILES string of the molecule is CC(C)(C)OC(=O)Nc1nc2ccc(-c3nc4cc(O)cc5c4n3CCCO5)cc2s1. The molecule has 0 bridgehead atoms. The summed E-state index contributed by atoms with van der Waals surface area (Å²) in [6.45, 7) is 6.81. The van der Waals surface area contributed by atoms with Crippen LogP contribution < -0.4 is 10.1 Å². The van der Waals surface area contributed by atoms with E-state index in [-0.39, 0.29) is 5.75 Å². The third kappa shape index (κ3) is 3.76. The molecule has 8 nitrogen and oxygen atoms in total. The van der Waals surface area contributed by atoms with E-state index in [4.69, 9.17) is 14.5 Å². The van der Waals surface area contributed by atoms with Crippen LogP contribution >= 0.6 is 11.3 Å². The number of hydrogen-bond donors (Lipinski definition) is 2. The average molecular weight is 439 g/mol. The molecule has 1 aliphatic rings. The van der Waals surface area contributed by atoms with E-state index in [1.807, 2.05) is 39.0 Å².